The number of amides is 1. The van der Waals surface area contributed by atoms with Crippen LogP contribution in [0.25, 0.3) is 0 Å². The predicted molar refractivity (Wildman–Crippen MR) is 84.3 cm³/mol. The molecule has 2 rings (SSSR count). The van der Waals surface area contributed by atoms with Gasteiger partial charge in [0.15, 0.2) is 0 Å². The van der Waals surface area contributed by atoms with E-state index < -0.39 is 0 Å². The summed E-state index contributed by atoms with van der Waals surface area (Å²) < 4.78 is 1.80. The molecule has 6 heteroatoms. The van der Waals surface area contributed by atoms with Crippen molar-refractivity contribution in [3.05, 3.63) is 17.4 Å². The van der Waals surface area contributed by atoms with E-state index in [1.54, 1.807) is 17.1 Å². The lowest BCUT2D eigenvalue weighted by atomic mass is 9.93. The summed E-state index contributed by atoms with van der Waals surface area (Å²) in [6.45, 7) is 3.80. The van der Waals surface area contributed by atoms with E-state index >= 15 is 0 Å². The maximum atomic E-state index is 11.8. The number of hydrogen-bond acceptors (Lipinski definition) is 3. The second kappa shape index (κ2) is 8.39. The number of likely N-dealkylation sites (tertiary alicyclic amines) is 1. The van der Waals surface area contributed by atoms with Crippen molar-refractivity contribution in [3.63, 3.8) is 0 Å². The normalized spacial score (nSPS) is 19.6. The Bertz CT molecular complexity index is 449. The average molecular weight is 313 g/mol. The number of halogens is 1. The lowest BCUT2D eigenvalue weighted by molar-refractivity contribution is -0.121. The minimum absolute atomic E-state index is 0.168. The van der Waals surface area contributed by atoms with Crippen molar-refractivity contribution in [1.29, 1.82) is 0 Å². The zero-order chi connectivity index (χ0) is 15.1. The van der Waals surface area contributed by atoms with Gasteiger partial charge >= 0.3 is 0 Å². The molecule has 118 valence electrons. The van der Waals surface area contributed by atoms with E-state index in [1.165, 1.54) is 19.4 Å². The molecule has 1 aliphatic heterocycles. The second-order valence-electron chi connectivity index (χ2n) is 5.93. The van der Waals surface area contributed by atoms with Gasteiger partial charge in [-0.15, -0.1) is 0 Å². The summed E-state index contributed by atoms with van der Waals surface area (Å²) in [6, 6.07) is 0. The zero-order valence-electron chi connectivity index (χ0n) is 12.7. The molecular weight excluding hydrogens is 288 g/mol. The van der Waals surface area contributed by atoms with Crippen LogP contribution in [0, 0.1) is 5.92 Å². The number of hydrogen-bond donors (Lipinski definition) is 1. The highest BCUT2D eigenvalue weighted by molar-refractivity contribution is 6.30. The molecule has 1 aromatic heterocycles. The first-order chi connectivity index (χ1) is 10.1. The minimum Gasteiger partial charge on any atom is -0.356 e. The maximum absolute atomic E-state index is 11.8. The molecular formula is C15H25ClN4O. The second-order valence-corrected chi connectivity index (χ2v) is 6.37. The van der Waals surface area contributed by atoms with Crippen LogP contribution in [-0.2, 0) is 11.3 Å². The summed E-state index contributed by atoms with van der Waals surface area (Å²) in [6.07, 6.45) is 8.46. The number of nitrogens with one attached hydrogen (secondary N) is 1. The number of nitrogens with zero attached hydrogens (tertiary/aromatic N) is 3. The van der Waals surface area contributed by atoms with Gasteiger partial charge in [-0.25, -0.2) is 0 Å². The lowest BCUT2D eigenvalue weighted by Crippen LogP contribution is -2.33. The highest BCUT2D eigenvalue weighted by Gasteiger charge is 2.17. The highest BCUT2D eigenvalue weighted by Crippen LogP contribution is 2.19. The standard InChI is InChI=1S/C15H25ClN4O/c1-19-8-2-4-13(11-19)5-6-15(21)17-7-3-9-20-12-14(16)10-18-20/h10,12-13H,2-9,11H2,1H3,(H,17,21)/t13-/m1/s1. The molecule has 0 bridgehead atoms. The van der Waals surface area contributed by atoms with Gasteiger partial charge in [0.05, 0.1) is 11.2 Å². The summed E-state index contributed by atoms with van der Waals surface area (Å²) in [5, 5.41) is 7.74. The van der Waals surface area contributed by atoms with E-state index in [9.17, 15) is 4.79 Å². The smallest absolute Gasteiger partial charge is 0.220 e. The first-order valence-electron chi connectivity index (χ1n) is 7.76. The van der Waals surface area contributed by atoms with Gasteiger partial charge < -0.3 is 10.2 Å². The van der Waals surface area contributed by atoms with Crippen LogP contribution in [0.5, 0.6) is 0 Å². The van der Waals surface area contributed by atoms with Gasteiger partial charge in [-0.05, 0) is 45.2 Å². The van der Waals surface area contributed by atoms with Crippen molar-refractivity contribution in [3.8, 4) is 0 Å². The molecule has 0 aliphatic carbocycles. The van der Waals surface area contributed by atoms with E-state index in [4.69, 9.17) is 11.6 Å². The Morgan fingerprint density at radius 1 is 1.57 bits per heavy atom. The van der Waals surface area contributed by atoms with Crippen LogP contribution >= 0.6 is 11.6 Å². The molecule has 2 heterocycles. The summed E-state index contributed by atoms with van der Waals surface area (Å²) in [5.41, 5.74) is 0. The molecule has 0 spiro atoms. The topological polar surface area (TPSA) is 50.2 Å². The van der Waals surface area contributed by atoms with Gasteiger partial charge in [0.2, 0.25) is 5.91 Å². The van der Waals surface area contributed by atoms with Gasteiger partial charge in [0.25, 0.3) is 0 Å². The van der Waals surface area contributed by atoms with Crippen LogP contribution in [0.3, 0.4) is 0 Å². The Hall–Kier alpha value is -1.07. The van der Waals surface area contributed by atoms with Gasteiger partial charge in [-0.3, -0.25) is 9.48 Å². The van der Waals surface area contributed by atoms with Crippen molar-refractivity contribution in [1.82, 2.24) is 20.0 Å². The van der Waals surface area contributed by atoms with Gasteiger partial charge in [0, 0.05) is 32.3 Å². The quantitative estimate of drug-likeness (QED) is 0.785. The molecule has 0 saturated carbocycles. The third kappa shape index (κ3) is 6.06. The number of aromatic nitrogens is 2. The van der Waals surface area contributed by atoms with E-state index in [0.717, 1.165) is 25.9 Å². The summed E-state index contributed by atoms with van der Waals surface area (Å²) >= 11 is 5.79. The van der Waals surface area contributed by atoms with Crippen LogP contribution in [0.1, 0.15) is 32.1 Å². The average Bonchev–Trinajstić information content (AvgIpc) is 2.87. The minimum atomic E-state index is 0.168. The number of rotatable bonds is 7. The molecule has 1 fully saturated rings. The third-order valence-electron chi connectivity index (χ3n) is 3.99. The Balaban J connectivity index is 1.53. The number of piperidine rings is 1. The number of carbonyl (C=O) groups excluding carboxylic acids is 1. The predicted octanol–water partition coefficient (Wildman–Crippen LogP) is 2.16. The van der Waals surface area contributed by atoms with Crippen LogP contribution in [0.2, 0.25) is 5.02 Å². The molecule has 1 aliphatic rings. The fourth-order valence-electron chi connectivity index (χ4n) is 2.86. The molecule has 1 saturated heterocycles. The summed E-state index contributed by atoms with van der Waals surface area (Å²) in [5.74, 6) is 0.849. The Kier molecular flexibility index (Phi) is 6.51. The zero-order valence-corrected chi connectivity index (χ0v) is 13.5. The molecule has 0 aromatic carbocycles. The van der Waals surface area contributed by atoms with Gasteiger partial charge in [-0.2, -0.15) is 5.10 Å². The van der Waals surface area contributed by atoms with Crippen molar-refractivity contribution in [2.45, 2.75) is 38.6 Å². The Labute approximate surface area is 131 Å². The van der Waals surface area contributed by atoms with Crippen molar-refractivity contribution < 1.29 is 4.79 Å². The van der Waals surface area contributed by atoms with E-state index in [2.05, 4.69) is 22.4 Å². The first kappa shape index (κ1) is 16.3. The van der Waals surface area contributed by atoms with Crippen LogP contribution < -0.4 is 5.32 Å². The van der Waals surface area contributed by atoms with Gasteiger partial charge in [0.1, 0.15) is 0 Å². The van der Waals surface area contributed by atoms with Crippen molar-refractivity contribution >= 4 is 17.5 Å². The van der Waals surface area contributed by atoms with E-state index in [0.29, 0.717) is 23.9 Å². The Morgan fingerprint density at radius 2 is 2.43 bits per heavy atom. The molecule has 0 radical (unpaired) electrons. The van der Waals surface area contributed by atoms with Crippen molar-refractivity contribution in [2.24, 2.45) is 5.92 Å². The summed E-state index contributed by atoms with van der Waals surface area (Å²) in [7, 11) is 2.16. The van der Waals surface area contributed by atoms with Crippen LogP contribution in [-0.4, -0.2) is 47.3 Å². The van der Waals surface area contributed by atoms with Crippen molar-refractivity contribution in [2.75, 3.05) is 26.7 Å². The fraction of sp³-hybridized carbons (Fsp3) is 0.733. The van der Waals surface area contributed by atoms with Crippen LogP contribution in [0.15, 0.2) is 12.4 Å². The lowest BCUT2D eigenvalue weighted by Gasteiger charge is -2.29. The molecule has 1 atom stereocenters. The Morgan fingerprint density at radius 3 is 3.14 bits per heavy atom. The molecule has 1 aromatic rings. The molecule has 21 heavy (non-hydrogen) atoms. The first-order valence-corrected chi connectivity index (χ1v) is 8.14. The SMILES string of the molecule is CN1CCC[C@H](CCC(=O)NCCCn2cc(Cl)cn2)C1. The number of carbonyl (C=O) groups is 1. The molecule has 1 N–H and O–H groups in total. The summed E-state index contributed by atoms with van der Waals surface area (Å²) in [4.78, 5) is 14.2. The number of aryl methyl sites for hydroxylation is 1. The highest BCUT2D eigenvalue weighted by atomic mass is 35.5. The maximum Gasteiger partial charge on any atom is 0.220 e. The fourth-order valence-corrected chi connectivity index (χ4v) is 3.02. The van der Waals surface area contributed by atoms with E-state index in [-0.39, 0.29) is 5.91 Å². The monoisotopic (exact) mass is 312 g/mol. The molecule has 0 unspecified atom stereocenters. The molecule has 5 nitrogen and oxygen atoms in total. The van der Waals surface area contributed by atoms with Crippen LogP contribution in [0.4, 0.5) is 0 Å². The van der Waals surface area contributed by atoms with Gasteiger partial charge in [-0.1, -0.05) is 11.6 Å². The molecule has 1 amide bonds. The largest absolute Gasteiger partial charge is 0.356 e. The third-order valence-corrected chi connectivity index (χ3v) is 4.18. The van der Waals surface area contributed by atoms with E-state index in [1.807, 2.05) is 0 Å².